The second-order valence-corrected chi connectivity index (χ2v) is 4.40. The van der Waals surface area contributed by atoms with Crippen molar-refractivity contribution in [2.24, 2.45) is 0 Å². The Morgan fingerprint density at radius 2 is 2.31 bits per heavy atom. The van der Waals surface area contributed by atoms with Crippen molar-refractivity contribution in [3.63, 3.8) is 0 Å². The van der Waals surface area contributed by atoms with E-state index in [0.29, 0.717) is 5.88 Å². The van der Waals surface area contributed by atoms with Crippen molar-refractivity contribution in [1.29, 1.82) is 0 Å². The number of carboxylic acids is 1. The lowest BCUT2D eigenvalue weighted by atomic mass is 9.93. The number of carbonyl (C=O) groups is 1. The fraction of sp³-hybridized carbons (Fsp3) is 0.500. The van der Waals surface area contributed by atoms with Gasteiger partial charge in [0.25, 0.3) is 0 Å². The van der Waals surface area contributed by atoms with Gasteiger partial charge in [0.2, 0.25) is 5.88 Å². The molecule has 0 unspecified atom stereocenters. The number of rotatable bonds is 4. The van der Waals surface area contributed by atoms with Gasteiger partial charge in [0.05, 0.1) is 13.5 Å². The summed E-state index contributed by atoms with van der Waals surface area (Å²) in [6, 6.07) is 1.99. The minimum atomic E-state index is -0.744. The molecule has 4 nitrogen and oxygen atoms in total. The largest absolute Gasteiger partial charge is 0.481 e. The molecule has 0 atom stereocenters. The van der Waals surface area contributed by atoms with Gasteiger partial charge < -0.3 is 9.84 Å². The molecular weight excluding hydrogens is 206 g/mol. The molecule has 16 heavy (non-hydrogen) atoms. The Labute approximate surface area is 94.3 Å². The number of carboxylic acid groups (broad SMARTS) is 1. The minimum Gasteiger partial charge on any atom is -0.481 e. The maximum atomic E-state index is 10.8. The molecule has 2 rings (SSSR count). The molecule has 0 bridgehead atoms. The lowest BCUT2D eigenvalue weighted by Crippen LogP contribution is -2.13. The van der Waals surface area contributed by atoms with Crippen LogP contribution in [-0.2, 0) is 10.2 Å². The SMILES string of the molecule is COc1ncc(C2(CC(=O)O)CC2)cc1C. The molecule has 1 aromatic heterocycles. The van der Waals surface area contributed by atoms with E-state index in [1.165, 1.54) is 0 Å². The first-order valence-electron chi connectivity index (χ1n) is 5.30. The highest BCUT2D eigenvalue weighted by Crippen LogP contribution is 2.51. The Morgan fingerprint density at radius 1 is 1.62 bits per heavy atom. The summed E-state index contributed by atoms with van der Waals surface area (Å²) in [5.74, 6) is -0.138. The summed E-state index contributed by atoms with van der Waals surface area (Å²) in [6.07, 6.45) is 3.81. The number of hydrogen-bond donors (Lipinski definition) is 1. The third-order valence-electron chi connectivity index (χ3n) is 3.18. The van der Waals surface area contributed by atoms with Crippen LogP contribution in [0.5, 0.6) is 5.88 Å². The third-order valence-corrected chi connectivity index (χ3v) is 3.18. The van der Waals surface area contributed by atoms with Crippen LogP contribution in [0.1, 0.15) is 30.4 Å². The number of aryl methyl sites for hydroxylation is 1. The van der Waals surface area contributed by atoms with E-state index in [1.54, 1.807) is 13.3 Å². The number of methoxy groups -OCH3 is 1. The Hall–Kier alpha value is -1.58. The zero-order valence-electron chi connectivity index (χ0n) is 9.49. The van der Waals surface area contributed by atoms with E-state index in [4.69, 9.17) is 9.84 Å². The Balaban J connectivity index is 2.28. The maximum Gasteiger partial charge on any atom is 0.304 e. The van der Waals surface area contributed by atoms with Crippen LogP contribution in [0, 0.1) is 6.92 Å². The zero-order chi connectivity index (χ0) is 11.8. The average Bonchev–Trinajstić information content (AvgIpc) is 2.98. The third kappa shape index (κ3) is 1.87. The van der Waals surface area contributed by atoms with Crippen LogP contribution in [0.15, 0.2) is 12.3 Å². The lowest BCUT2D eigenvalue weighted by molar-refractivity contribution is -0.137. The van der Waals surface area contributed by atoms with Crippen molar-refractivity contribution >= 4 is 5.97 Å². The summed E-state index contributed by atoms with van der Waals surface area (Å²) < 4.78 is 5.09. The van der Waals surface area contributed by atoms with Gasteiger partial charge in [-0.1, -0.05) is 0 Å². The summed E-state index contributed by atoms with van der Waals surface area (Å²) in [7, 11) is 1.58. The zero-order valence-corrected chi connectivity index (χ0v) is 9.49. The van der Waals surface area contributed by atoms with E-state index >= 15 is 0 Å². The highest BCUT2D eigenvalue weighted by molar-refractivity contribution is 5.70. The average molecular weight is 221 g/mol. The first kappa shape index (κ1) is 10.9. The Morgan fingerprint density at radius 3 is 2.75 bits per heavy atom. The van der Waals surface area contributed by atoms with Crippen molar-refractivity contribution in [3.8, 4) is 5.88 Å². The van der Waals surface area contributed by atoms with E-state index in [0.717, 1.165) is 24.0 Å². The maximum absolute atomic E-state index is 10.8. The van der Waals surface area contributed by atoms with Crippen LogP contribution in [0.3, 0.4) is 0 Å². The molecule has 1 fully saturated rings. The summed E-state index contributed by atoms with van der Waals surface area (Å²) in [4.78, 5) is 15.0. The Kier molecular flexibility index (Phi) is 2.58. The van der Waals surface area contributed by atoms with Crippen molar-refractivity contribution < 1.29 is 14.6 Å². The topological polar surface area (TPSA) is 59.4 Å². The first-order chi connectivity index (χ1) is 7.57. The quantitative estimate of drug-likeness (QED) is 0.843. The van der Waals surface area contributed by atoms with Gasteiger partial charge in [0, 0.05) is 17.2 Å². The van der Waals surface area contributed by atoms with Gasteiger partial charge in [-0.15, -0.1) is 0 Å². The van der Waals surface area contributed by atoms with Crippen LogP contribution < -0.4 is 4.74 Å². The van der Waals surface area contributed by atoms with Crippen LogP contribution in [0.25, 0.3) is 0 Å². The predicted molar refractivity (Wildman–Crippen MR) is 58.7 cm³/mol. The van der Waals surface area contributed by atoms with Gasteiger partial charge in [-0.2, -0.15) is 0 Å². The highest BCUT2D eigenvalue weighted by atomic mass is 16.5. The number of hydrogen-bond acceptors (Lipinski definition) is 3. The molecule has 0 amide bonds. The highest BCUT2D eigenvalue weighted by Gasteiger charge is 2.46. The molecule has 0 spiro atoms. The fourth-order valence-corrected chi connectivity index (χ4v) is 2.07. The van der Waals surface area contributed by atoms with Crippen LogP contribution >= 0.6 is 0 Å². The molecule has 86 valence electrons. The normalized spacial score (nSPS) is 16.9. The van der Waals surface area contributed by atoms with Gasteiger partial charge in [-0.3, -0.25) is 4.79 Å². The van der Waals surface area contributed by atoms with Gasteiger partial charge in [0.15, 0.2) is 0 Å². The summed E-state index contributed by atoms with van der Waals surface area (Å²) in [6.45, 7) is 1.92. The van der Waals surface area contributed by atoms with Crippen LogP contribution in [-0.4, -0.2) is 23.2 Å². The Bertz CT molecular complexity index is 424. The molecular formula is C12H15NO3. The molecule has 0 aliphatic heterocycles. The van der Waals surface area contributed by atoms with Gasteiger partial charge in [-0.25, -0.2) is 4.98 Å². The molecule has 1 N–H and O–H groups in total. The predicted octanol–water partition coefficient (Wildman–Crippen LogP) is 1.90. The van der Waals surface area contributed by atoms with Crippen molar-refractivity contribution in [2.75, 3.05) is 7.11 Å². The summed E-state index contributed by atoms with van der Waals surface area (Å²) >= 11 is 0. The van der Waals surface area contributed by atoms with E-state index in [-0.39, 0.29) is 11.8 Å². The van der Waals surface area contributed by atoms with Crippen molar-refractivity contribution in [1.82, 2.24) is 4.98 Å². The molecule has 1 aliphatic rings. The second kappa shape index (κ2) is 3.77. The van der Waals surface area contributed by atoms with E-state index < -0.39 is 5.97 Å². The van der Waals surface area contributed by atoms with Crippen LogP contribution in [0.2, 0.25) is 0 Å². The first-order valence-corrected chi connectivity index (χ1v) is 5.30. The summed E-state index contributed by atoms with van der Waals surface area (Å²) in [5.41, 5.74) is 1.81. The van der Waals surface area contributed by atoms with E-state index in [1.807, 2.05) is 13.0 Å². The number of pyridine rings is 1. The molecule has 0 radical (unpaired) electrons. The molecule has 0 aromatic carbocycles. The molecule has 1 aromatic rings. The lowest BCUT2D eigenvalue weighted by Gasteiger charge is -2.14. The number of aliphatic carboxylic acids is 1. The summed E-state index contributed by atoms with van der Waals surface area (Å²) in [5, 5.41) is 8.88. The standard InChI is InChI=1S/C12H15NO3/c1-8-5-9(7-13-11(8)16-2)12(3-4-12)6-10(14)15/h5,7H,3-4,6H2,1-2H3,(H,14,15). The number of aromatic nitrogens is 1. The van der Waals surface area contributed by atoms with Gasteiger partial charge in [-0.05, 0) is 31.4 Å². The minimum absolute atomic E-state index is 0.171. The molecule has 1 saturated carbocycles. The van der Waals surface area contributed by atoms with Gasteiger partial charge >= 0.3 is 5.97 Å². The van der Waals surface area contributed by atoms with Crippen molar-refractivity contribution in [2.45, 2.75) is 31.6 Å². The van der Waals surface area contributed by atoms with Crippen LogP contribution in [0.4, 0.5) is 0 Å². The van der Waals surface area contributed by atoms with Gasteiger partial charge in [0.1, 0.15) is 0 Å². The van der Waals surface area contributed by atoms with E-state index in [2.05, 4.69) is 4.98 Å². The fourth-order valence-electron chi connectivity index (χ4n) is 2.07. The molecule has 1 heterocycles. The monoisotopic (exact) mass is 221 g/mol. The molecule has 0 saturated heterocycles. The number of ether oxygens (including phenoxy) is 1. The van der Waals surface area contributed by atoms with E-state index in [9.17, 15) is 4.79 Å². The smallest absolute Gasteiger partial charge is 0.304 e. The number of nitrogens with zero attached hydrogens (tertiary/aromatic N) is 1. The molecule has 4 heteroatoms. The molecule has 1 aliphatic carbocycles. The second-order valence-electron chi connectivity index (χ2n) is 4.40. The van der Waals surface area contributed by atoms with Crippen molar-refractivity contribution in [3.05, 3.63) is 23.4 Å².